The summed E-state index contributed by atoms with van der Waals surface area (Å²) < 4.78 is 31.3. The van der Waals surface area contributed by atoms with Crippen molar-refractivity contribution in [2.75, 3.05) is 15.4 Å². The molecule has 0 radical (unpaired) electrons. The van der Waals surface area contributed by atoms with Crippen LogP contribution < -0.4 is 24.3 Å². The minimum atomic E-state index is -2.07. The SMILES string of the molecule is CC(=O)Nc1cc(N=Nc2snc3cc(OS(=O)Nc4cc(Oc5cc(C)c(O)c(Cl)c5)ccc4Cl)ccc23)cc(NC(C)=O)c1O. The second-order valence-electron chi connectivity index (χ2n) is 9.85. The summed E-state index contributed by atoms with van der Waals surface area (Å²) in [5, 5.41) is 35.2. The quantitative estimate of drug-likeness (QED) is 0.0704. The number of azo groups is 1. The fourth-order valence-corrected chi connectivity index (χ4v) is 5.96. The number of phenols is 2. The highest BCUT2D eigenvalue weighted by Crippen LogP contribution is 2.40. The van der Waals surface area contributed by atoms with Crippen LogP contribution in [0.4, 0.5) is 27.8 Å². The lowest BCUT2D eigenvalue weighted by Crippen LogP contribution is -2.11. The van der Waals surface area contributed by atoms with Gasteiger partial charge in [-0.1, -0.05) is 23.2 Å². The van der Waals surface area contributed by atoms with Crippen molar-refractivity contribution in [1.82, 2.24) is 4.37 Å². The number of aromatic nitrogens is 1. The van der Waals surface area contributed by atoms with E-state index < -0.39 is 23.1 Å². The molecule has 0 saturated carbocycles. The lowest BCUT2D eigenvalue weighted by molar-refractivity contribution is -0.115. The van der Waals surface area contributed by atoms with E-state index in [-0.39, 0.29) is 50.0 Å². The summed E-state index contributed by atoms with van der Waals surface area (Å²) in [4.78, 5) is 23.2. The summed E-state index contributed by atoms with van der Waals surface area (Å²) in [6.45, 7) is 4.24. The molecular weight excluding hydrogens is 691 g/mol. The second kappa shape index (κ2) is 14.2. The highest BCUT2D eigenvalue weighted by atomic mass is 35.5. The van der Waals surface area contributed by atoms with Crippen molar-refractivity contribution in [2.24, 2.45) is 10.2 Å². The van der Waals surface area contributed by atoms with Crippen LogP contribution >= 0.6 is 34.7 Å². The number of aryl methyl sites for hydroxylation is 1. The summed E-state index contributed by atoms with van der Waals surface area (Å²) >= 11 is 11.3. The number of carbonyl (C=O) groups excluding carboxylic acids is 2. The fourth-order valence-electron chi connectivity index (χ4n) is 4.13. The van der Waals surface area contributed by atoms with Crippen molar-refractivity contribution in [3.05, 3.63) is 76.3 Å². The predicted octanol–water partition coefficient (Wildman–Crippen LogP) is 8.52. The van der Waals surface area contributed by atoms with Gasteiger partial charge in [0.25, 0.3) is 0 Å². The van der Waals surface area contributed by atoms with Gasteiger partial charge >= 0.3 is 11.3 Å². The van der Waals surface area contributed by atoms with Crippen LogP contribution in [0.15, 0.2) is 70.9 Å². The van der Waals surface area contributed by atoms with E-state index in [2.05, 4.69) is 30.0 Å². The summed E-state index contributed by atoms with van der Waals surface area (Å²) in [5.41, 5.74) is 1.65. The Morgan fingerprint density at radius 3 is 2.17 bits per heavy atom. The first-order chi connectivity index (χ1) is 22.4. The number of nitrogens with one attached hydrogen (secondary N) is 3. The molecule has 4 aromatic carbocycles. The number of ether oxygens (including phenoxy) is 1. The van der Waals surface area contributed by atoms with Crippen LogP contribution in [-0.4, -0.2) is 30.6 Å². The van der Waals surface area contributed by atoms with Gasteiger partial charge in [-0.15, -0.1) is 10.2 Å². The molecule has 0 bridgehead atoms. The van der Waals surface area contributed by atoms with E-state index >= 15 is 0 Å². The number of rotatable bonds is 10. The van der Waals surface area contributed by atoms with Gasteiger partial charge in [-0.05, 0) is 66.5 Å². The first-order valence-electron chi connectivity index (χ1n) is 13.4. The molecule has 1 unspecified atom stereocenters. The Kier molecular flexibility index (Phi) is 10.1. The molecule has 13 nitrogen and oxygen atoms in total. The third-order valence-corrected chi connectivity index (χ3v) is 8.28. The van der Waals surface area contributed by atoms with Gasteiger partial charge in [0.05, 0.1) is 38.3 Å². The Morgan fingerprint density at radius 2 is 1.51 bits per heavy atom. The number of hydrogen-bond acceptors (Lipinski definition) is 11. The number of benzene rings is 4. The van der Waals surface area contributed by atoms with Crippen molar-refractivity contribution < 1.29 is 32.9 Å². The van der Waals surface area contributed by atoms with E-state index in [9.17, 15) is 24.0 Å². The molecule has 1 atom stereocenters. The molecule has 17 heteroatoms. The number of nitrogens with zero attached hydrogens (tertiary/aromatic N) is 3. The molecule has 242 valence electrons. The molecule has 0 spiro atoms. The first-order valence-corrected chi connectivity index (χ1v) is 16.0. The van der Waals surface area contributed by atoms with Gasteiger partial charge in [0, 0.05) is 37.4 Å². The van der Waals surface area contributed by atoms with Crippen molar-refractivity contribution >= 4 is 96.5 Å². The average molecular weight is 716 g/mol. The summed E-state index contributed by atoms with van der Waals surface area (Å²) in [7, 11) is 0. The normalized spacial score (nSPS) is 11.8. The summed E-state index contributed by atoms with van der Waals surface area (Å²) in [6, 6.07) is 15.4. The van der Waals surface area contributed by atoms with E-state index in [1.165, 1.54) is 38.1 Å². The van der Waals surface area contributed by atoms with Gasteiger partial charge in [-0.25, -0.2) is 0 Å². The third kappa shape index (κ3) is 8.26. The minimum Gasteiger partial charge on any atom is -0.506 e. The zero-order valence-electron chi connectivity index (χ0n) is 24.6. The Balaban J connectivity index is 1.29. The Morgan fingerprint density at radius 1 is 0.830 bits per heavy atom. The molecule has 0 saturated heterocycles. The smallest absolute Gasteiger partial charge is 0.316 e. The maximum atomic E-state index is 12.9. The van der Waals surface area contributed by atoms with Gasteiger partial charge in [0.2, 0.25) is 11.8 Å². The van der Waals surface area contributed by atoms with Crippen molar-refractivity contribution in [1.29, 1.82) is 0 Å². The number of hydrogen-bond donors (Lipinski definition) is 5. The molecule has 1 aromatic heterocycles. The van der Waals surface area contributed by atoms with Crippen LogP contribution in [0.5, 0.6) is 28.7 Å². The number of carbonyl (C=O) groups is 2. The molecule has 0 fully saturated rings. The van der Waals surface area contributed by atoms with Crippen LogP contribution in [0.3, 0.4) is 0 Å². The Labute approximate surface area is 284 Å². The van der Waals surface area contributed by atoms with Crippen molar-refractivity contribution in [3.63, 3.8) is 0 Å². The maximum absolute atomic E-state index is 12.9. The summed E-state index contributed by atoms with van der Waals surface area (Å²) in [6.07, 6.45) is 0. The molecule has 5 rings (SSSR count). The molecule has 2 amide bonds. The van der Waals surface area contributed by atoms with E-state index in [1.54, 1.807) is 43.3 Å². The zero-order valence-corrected chi connectivity index (χ0v) is 27.8. The molecular formula is C30H24Cl2N6O7S2. The summed E-state index contributed by atoms with van der Waals surface area (Å²) in [5.74, 6) is -0.217. The van der Waals surface area contributed by atoms with Crippen molar-refractivity contribution in [2.45, 2.75) is 20.8 Å². The zero-order chi connectivity index (χ0) is 33.8. The van der Waals surface area contributed by atoms with Crippen LogP contribution in [0, 0.1) is 6.92 Å². The molecule has 0 aliphatic rings. The number of phenolic OH excluding ortho intramolecular Hbond substituents is 2. The number of halogens is 2. The van der Waals surface area contributed by atoms with E-state index in [0.29, 0.717) is 33.0 Å². The molecule has 47 heavy (non-hydrogen) atoms. The third-order valence-electron chi connectivity index (χ3n) is 6.17. The van der Waals surface area contributed by atoms with E-state index in [4.69, 9.17) is 32.1 Å². The van der Waals surface area contributed by atoms with Gasteiger partial charge in [-0.2, -0.15) is 8.58 Å². The Bertz CT molecular complexity index is 2030. The standard InChI is InChI=1S/C30H24Cl2N6O7S2/c1-14-8-20(11-23(32)28(14)41)44-18-5-7-22(31)25(12-18)38-47(43)45-19-4-6-21-24(13-19)37-46-30(21)36-35-17-9-26(33-15(2)39)29(42)27(10-17)34-16(3)40/h4-13,38,41-42H,1-3H3,(H,33,39)(H,34,40). The molecule has 1 heterocycles. The predicted molar refractivity (Wildman–Crippen MR) is 182 cm³/mol. The number of fused-ring (bicyclic) bond motifs is 1. The van der Waals surface area contributed by atoms with Crippen LogP contribution in [0.1, 0.15) is 19.4 Å². The number of amides is 2. The van der Waals surface area contributed by atoms with Crippen LogP contribution in [0.25, 0.3) is 10.9 Å². The molecule has 0 aliphatic heterocycles. The van der Waals surface area contributed by atoms with E-state index in [1.807, 2.05) is 0 Å². The van der Waals surface area contributed by atoms with Gasteiger partial charge < -0.3 is 29.8 Å². The highest BCUT2D eigenvalue weighted by molar-refractivity contribution is 7.82. The monoisotopic (exact) mass is 714 g/mol. The van der Waals surface area contributed by atoms with Gasteiger partial charge in [-0.3, -0.25) is 14.3 Å². The number of aromatic hydroxyl groups is 2. The molecule has 5 aromatic rings. The molecule has 5 N–H and O–H groups in total. The van der Waals surface area contributed by atoms with Gasteiger partial charge in [0.15, 0.2) is 10.8 Å². The van der Waals surface area contributed by atoms with Crippen LogP contribution in [-0.2, 0) is 20.9 Å². The maximum Gasteiger partial charge on any atom is 0.316 e. The second-order valence-corrected chi connectivity index (χ2v) is 12.3. The number of anilines is 3. The van der Waals surface area contributed by atoms with Crippen LogP contribution in [0.2, 0.25) is 10.0 Å². The lowest BCUT2D eigenvalue weighted by atomic mass is 10.2. The lowest BCUT2D eigenvalue weighted by Gasteiger charge is -2.12. The van der Waals surface area contributed by atoms with E-state index in [0.717, 1.165) is 11.5 Å². The van der Waals surface area contributed by atoms with Gasteiger partial charge in [0.1, 0.15) is 23.0 Å². The minimum absolute atomic E-state index is 0.0350. The first kappa shape index (κ1) is 33.4. The largest absolute Gasteiger partial charge is 0.506 e. The Hall–Kier alpha value is -4.96. The highest BCUT2D eigenvalue weighted by Gasteiger charge is 2.15. The topological polar surface area (TPSA) is 184 Å². The average Bonchev–Trinajstić information content (AvgIpc) is 3.40. The van der Waals surface area contributed by atoms with Crippen molar-refractivity contribution in [3.8, 4) is 28.7 Å². The fraction of sp³-hybridized carbons (Fsp3) is 0.100. The molecule has 0 aliphatic carbocycles.